The van der Waals surface area contributed by atoms with Crippen molar-refractivity contribution in [1.82, 2.24) is 10.6 Å². The molecular weight excluding hydrogens is 457 g/mol. The van der Waals surface area contributed by atoms with Gasteiger partial charge in [0.25, 0.3) is 0 Å². The van der Waals surface area contributed by atoms with Crippen molar-refractivity contribution in [3.63, 3.8) is 0 Å². The Kier molecular flexibility index (Phi) is 17.8. The highest BCUT2D eigenvalue weighted by atomic mass is 127. The second kappa shape index (κ2) is 18.5. The smallest absolute Gasteiger partial charge is 0.191 e. The highest BCUT2D eigenvalue weighted by molar-refractivity contribution is 14.0. The minimum Gasteiger partial charge on any atom is -0.382 e. The summed E-state index contributed by atoms with van der Waals surface area (Å²) < 4.78 is 16.3. The maximum atomic E-state index is 5.63. The molecule has 0 aromatic heterocycles. The van der Waals surface area contributed by atoms with E-state index in [1.807, 2.05) is 13.8 Å². The molecule has 0 aliphatic carbocycles. The molecule has 1 rings (SSSR count). The van der Waals surface area contributed by atoms with Gasteiger partial charge in [-0.3, -0.25) is 0 Å². The molecule has 0 aliphatic rings. The average molecular weight is 493 g/mol. The SMILES string of the molecule is CCNC(=NCc1cccc(COCCOCC)c1)NCCCOCC.I. The fraction of sp³-hybridized carbons (Fsp3) is 0.650. The lowest BCUT2D eigenvalue weighted by molar-refractivity contribution is 0.0453. The highest BCUT2D eigenvalue weighted by Crippen LogP contribution is 2.08. The first-order chi connectivity index (χ1) is 12.8. The van der Waals surface area contributed by atoms with Crippen LogP contribution in [0.5, 0.6) is 0 Å². The summed E-state index contributed by atoms with van der Waals surface area (Å²) in [6, 6.07) is 8.36. The Morgan fingerprint density at radius 2 is 1.63 bits per heavy atom. The number of benzene rings is 1. The molecule has 0 atom stereocenters. The lowest BCUT2D eigenvalue weighted by Crippen LogP contribution is -2.38. The maximum Gasteiger partial charge on any atom is 0.191 e. The number of hydrogen-bond acceptors (Lipinski definition) is 4. The number of aliphatic imine (C=N–C) groups is 1. The molecule has 0 saturated carbocycles. The zero-order valence-corrected chi connectivity index (χ0v) is 19.3. The van der Waals surface area contributed by atoms with E-state index in [1.165, 1.54) is 5.56 Å². The monoisotopic (exact) mass is 493 g/mol. The van der Waals surface area contributed by atoms with Crippen LogP contribution in [0.3, 0.4) is 0 Å². The van der Waals surface area contributed by atoms with E-state index in [1.54, 1.807) is 0 Å². The van der Waals surface area contributed by atoms with Gasteiger partial charge in [-0.2, -0.15) is 0 Å². The molecule has 6 nitrogen and oxygen atoms in total. The lowest BCUT2D eigenvalue weighted by atomic mass is 10.1. The van der Waals surface area contributed by atoms with Gasteiger partial charge in [-0.05, 0) is 38.3 Å². The summed E-state index contributed by atoms with van der Waals surface area (Å²) in [5.74, 6) is 0.836. The minimum absolute atomic E-state index is 0. The van der Waals surface area contributed by atoms with E-state index in [0.717, 1.165) is 50.9 Å². The first-order valence-corrected chi connectivity index (χ1v) is 9.63. The molecule has 0 spiro atoms. The van der Waals surface area contributed by atoms with Crippen molar-refractivity contribution in [2.75, 3.05) is 46.1 Å². The fourth-order valence-electron chi connectivity index (χ4n) is 2.31. The Morgan fingerprint density at radius 3 is 2.37 bits per heavy atom. The van der Waals surface area contributed by atoms with E-state index < -0.39 is 0 Å². The summed E-state index contributed by atoms with van der Waals surface area (Å²) in [7, 11) is 0. The molecule has 1 aromatic rings. The maximum absolute atomic E-state index is 5.63. The van der Waals surface area contributed by atoms with Crippen molar-refractivity contribution >= 4 is 29.9 Å². The summed E-state index contributed by atoms with van der Waals surface area (Å²) in [5.41, 5.74) is 2.33. The molecular formula is C20H36IN3O3. The van der Waals surface area contributed by atoms with Crippen LogP contribution in [-0.2, 0) is 27.4 Å². The van der Waals surface area contributed by atoms with Crippen LogP contribution >= 0.6 is 24.0 Å². The van der Waals surface area contributed by atoms with Crippen molar-refractivity contribution in [1.29, 1.82) is 0 Å². The third-order valence-electron chi connectivity index (χ3n) is 3.56. The predicted octanol–water partition coefficient (Wildman–Crippen LogP) is 3.34. The van der Waals surface area contributed by atoms with E-state index in [-0.39, 0.29) is 24.0 Å². The van der Waals surface area contributed by atoms with Crippen LogP contribution in [0.4, 0.5) is 0 Å². The van der Waals surface area contributed by atoms with Gasteiger partial charge >= 0.3 is 0 Å². The minimum atomic E-state index is 0. The van der Waals surface area contributed by atoms with Crippen molar-refractivity contribution < 1.29 is 14.2 Å². The second-order valence-electron chi connectivity index (χ2n) is 5.74. The van der Waals surface area contributed by atoms with Gasteiger partial charge < -0.3 is 24.8 Å². The molecule has 0 radical (unpaired) electrons. The highest BCUT2D eigenvalue weighted by Gasteiger charge is 2.00. The molecule has 2 N–H and O–H groups in total. The van der Waals surface area contributed by atoms with Crippen molar-refractivity contribution in [3.05, 3.63) is 35.4 Å². The van der Waals surface area contributed by atoms with Crippen LogP contribution in [0.15, 0.2) is 29.3 Å². The number of hydrogen-bond donors (Lipinski definition) is 2. The van der Waals surface area contributed by atoms with Gasteiger partial charge in [-0.15, -0.1) is 24.0 Å². The average Bonchev–Trinajstić information content (AvgIpc) is 2.66. The van der Waals surface area contributed by atoms with E-state index in [2.05, 4.69) is 46.8 Å². The van der Waals surface area contributed by atoms with Gasteiger partial charge in [0.15, 0.2) is 5.96 Å². The van der Waals surface area contributed by atoms with Crippen LogP contribution in [0, 0.1) is 0 Å². The third-order valence-corrected chi connectivity index (χ3v) is 3.56. The van der Waals surface area contributed by atoms with Crippen molar-refractivity contribution in [2.45, 2.75) is 40.3 Å². The molecule has 0 saturated heterocycles. The van der Waals surface area contributed by atoms with Crippen molar-refractivity contribution in [3.8, 4) is 0 Å². The zero-order valence-electron chi connectivity index (χ0n) is 17.0. The molecule has 1 aromatic carbocycles. The summed E-state index contributed by atoms with van der Waals surface area (Å²) in [6.07, 6.45) is 0.965. The number of ether oxygens (including phenoxy) is 3. The number of nitrogens with one attached hydrogen (secondary N) is 2. The van der Waals surface area contributed by atoms with E-state index in [4.69, 9.17) is 14.2 Å². The molecule has 0 unspecified atom stereocenters. The Labute approximate surface area is 181 Å². The molecule has 0 amide bonds. The zero-order chi connectivity index (χ0) is 18.9. The standard InChI is InChI=1S/C20H35N3O3.HI/c1-4-21-20(22-11-8-12-24-5-2)23-16-18-9-7-10-19(15-18)17-26-14-13-25-6-3;/h7,9-10,15H,4-6,8,11-14,16-17H2,1-3H3,(H2,21,22,23);1H. The molecule has 7 heteroatoms. The Hall–Kier alpha value is -0.900. The van der Waals surface area contributed by atoms with Gasteiger partial charge in [0.2, 0.25) is 0 Å². The molecule has 0 aliphatic heterocycles. The van der Waals surface area contributed by atoms with Gasteiger partial charge in [0, 0.05) is 32.9 Å². The number of rotatable bonds is 14. The molecule has 0 fully saturated rings. The Morgan fingerprint density at radius 1 is 0.926 bits per heavy atom. The number of guanidine groups is 1. The van der Waals surface area contributed by atoms with Gasteiger partial charge in [-0.1, -0.05) is 24.3 Å². The Balaban J connectivity index is 0.00000676. The molecule has 27 heavy (non-hydrogen) atoms. The van der Waals surface area contributed by atoms with Crippen LogP contribution in [0.2, 0.25) is 0 Å². The van der Waals surface area contributed by atoms with E-state index >= 15 is 0 Å². The summed E-state index contributed by atoms with van der Waals surface area (Å²) in [6.45, 7) is 12.5. The first-order valence-electron chi connectivity index (χ1n) is 9.63. The second-order valence-corrected chi connectivity index (χ2v) is 5.74. The van der Waals surface area contributed by atoms with E-state index in [0.29, 0.717) is 26.4 Å². The van der Waals surface area contributed by atoms with Crippen LogP contribution in [0.25, 0.3) is 0 Å². The van der Waals surface area contributed by atoms with Crippen LogP contribution in [0.1, 0.15) is 38.3 Å². The predicted molar refractivity (Wildman–Crippen MR) is 122 cm³/mol. The summed E-state index contributed by atoms with van der Waals surface area (Å²) in [5, 5.41) is 6.61. The normalized spacial score (nSPS) is 11.1. The lowest BCUT2D eigenvalue weighted by Gasteiger charge is -2.11. The largest absolute Gasteiger partial charge is 0.382 e. The van der Waals surface area contributed by atoms with Gasteiger partial charge in [0.05, 0.1) is 26.4 Å². The quantitative estimate of drug-likeness (QED) is 0.180. The third kappa shape index (κ3) is 13.8. The summed E-state index contributed by atoms with van der Waals surface area (Å²) >= 11 is 0. The summed E-state index contributed by atoms with van der Waals surface area (Å²) in [4.78, 5) is 4.66. The van der Waals surface area contributed by atoms with Gasteiger partial charge in [-0.25, -0.2) is 4.99 Å². The van der Waals surface area contributed by atoms with Gasteiger partial charge in [0.1, 0.15) is 0 Å². The Bertz CT molecular complexity index is 501. The molecule has 0 heterocycles. The molecule has 0 bridgehead atoms. The number of nitrogens with zero attached hydrogens (tertiary/aromatic N) is 1. The fourth-order valence-corrected chi connectivity index (χ4v) is 2.31. The van der Waals surface area contributed by atoms with E-state index in [9.17, 15) is 0 Å². The topological polar surface area (TPSA) is 64.1 Å². The molecule has 156 valence electrons. The van der Waals surface area contributed by atoms with Crippen LogP contribution < -0.4 is 10.6 Å². The number of halogens is 1. The first kappa shape index (κ1) is 26.1. The van der Waals surface area contributed by atoms with Crippen molar-refractivity contribution in [2.24, 2.45) is 4.99 Å². The van der Waals surface area contributed by atoms with Crippen LogP contribution in [-0.4, -0.2) is 52.1 Å².